The van der Waals surface area contributed by atoms with Crippen LogP contribution in [0.2, 0.25) is 0 Å². The molecule has 0 N–H and O–H groups in total. The minimum atomic E-state index is -4.32. The van der Waals surface area contributed by atoms with Gasteiger partial charge in [0.25, 0.3) is 0 Å². The molecule has 0 saturated carbocycles. The van der Waals surface area contributed by atoms with Gasteiger partial charge >= 0.3 is 6.18 Å². The van der Waals surface area contributed by atoms with Crippen molar-refractivity contribution in [2.45, 2.75) is 85.2 Å². The van der Waals surface area contributed by atoms with Gasteiger partial charge in [-0.3, -0.25) is 0 Å². The molecule has 0 atom stereocenters. The summed E-state index contributed by atoms with van der Waals surface area (Å²) in [7, 11) is 0. The van der Waals surface area contributed by atoms with E-state index in [1.165, 1.54) is 6.07 Å². The first-order valence-corrected chi connectivity index (χ1v) is 8.26. The van der Waals surface area contributed by atoms with Gasteiger partial charge in [0.2, 0.25) is 0 Å². The van der Waals surface area contributed by atoms with E-state index < -0.39 is 17.2 Å². The Morgan fingerprint density at radius 1 is 0.739 bits per heavy atom. The SMILES string of the molecule is CC(C)(C)CCC(C)(C)c1ccc(C(C)(C)C)c(C(F)(F)F)c1. The third kappa shape index (κ3) is 5.54. The van der Waals surface area contributed by atoms with Crippen molar-refractivity contribution in [3.63, 3.8) is 0 Å². The summed E-state index contributed by atoms with van der Waals surface area (Å²) < 4.78 is 40.6. The van der Waals surface area contributed by atoms with Crippen molar-refractivity contribution in [3.05, 3.63) is 34.9 Å². The van der Waals surface area contributed by atoms with Crippen LogP contribution in [0.15, 0.2) is 18.2 Å². The van der Waals surface area contributed by atoms with Gasteiger partial charge in [-0.15, -0.1) is 0 Å². The number of halogens is 3. The minimum Gasteiger partial charge on any atom is -0.166 e. The van der Waals surface area contributed by atoms with Crippen LogP contribution in [0.4, 0.5) is 13.2 Å². The highest BCUT2D eigenvalue weighted by Gasteiger charge is 2.37. The fraction of sp³-hybridized carbons (Fsp3) is 0.700. The Bertz CT molecular complexity index is 537. The Labute approximate surface area is 139 Å². The second kappa shape index (κ2) is 6.14. The van der Waals surface area contributed by atoms with Gasteiger partial charge in [0.05, 0.1) is 5.56 Å². The highest BCUT2D eigenvalue weighted by Crippen LogP contribution is 2.41. The van der Waals surface area contributed by atoms with Gasteiger partial charge in [-0.1, -0.05) is 67.5 Å². The summed E-state index contributed by atoms with van der Waals surface area (Å²) in [5.74, 6) is 0. The van der Waals surface area contributed by atoms with Crippen molar-refractivity contribution < 1.29 is 13.2 Å². The monoisotopic (exact) mass is 328 g/mol. The molecule has 0 amide bonds. The molecule has 0 bridgehead atoms. The molecule has 0 aliphatic heterocycles. The van der Waals surface area contributed by atoms with Gasteiger partial charge in [0, 0.05) is 0 Å². The van der Waals surface area contributed by atoms with Crippen LogP contribution in [-0.4, -0.2) is 0 Å². The van der Waals surface area contributed by atoms with E-state index in [0.29, 0.717) is 5.56 Å². The van der Waals surface area contributed by atoms with Crippen LogP contribution < -0.4 is 0 Å². The first kappa shape index (κ1) is 20.1. The number of rotatable bonds is 3. The predicted octanol–water partition coefficient (Wildman–Crippen LogP) is 7.11. The maximum atomic E-state index is 13.5. The largest absolute Gasteiger partial charge is 0.416 e. The molecular weight excluding hydrogens is 297 g/mol. The van der Waals surface area contributed by atoms with E-state index in [9.17, 15) is 13.2 Å². The molecule has 1 aromatic carbocycles. The lowest BCUT2D eigenvalue weighted by atomic mass is 9.74. The van der Waals surface area contributed by atoms with E-state index in [1.54, 1.807) is 6.07 Å². The highest BCUT2D eigenvalue weighted by atomic mass is 19.4. The quantitative estimate of drug-likeness (QED) is 0.554. The van der Waals surface area contributed by atoms with Crippen molar-refractivity contribution in [1.82, 2.24) is 0 Å². The molecule has 0 fully saturated rings. The zero-order chi connectivity index (χ0) is 18.3. The van der Waals surface area contributed by atoms with Crippen molar-refractivity contribution in [2.75, 3.05) is 0 Å². The first-order valence-electron chi connectivity index (χ1n) is 8.26. The lowest BCUT2D eigenvalue weighted by Gasteiger charge is -2.32. The van der Waals surface area contributed by atoms with Gasteiger partial charge in [-0.25, -0.2) is 0 Å². The number of alkyl halides is 3. The molecule has 3 heteroatoms. The van der Waals surface area contributed by atoms with Crippen LogP contribution in [-0.2, 0) is 17.0 Å². The van der Waals surface area contributed by atoms with Gasteiger partial charge in [-0.05, 0) is 46.3 Å². The summed E-state index contributed by atoms with van der Waals surface area (Å²) in [6.45, 7) is 16.0. The van der Waals surface area contributed by atoms with Gasteiger partial charge in [0.1, 0.15) is 0 Å². The number of benzene rings is 1. The highest BCUT2D eigenvalue weighted by molar-refractivity contribution is 5.40. The predicted molar refractivity (Wildman–Crippen MR) is 91.9 cm³/mol. The van der Waals surface area contributed by atoms with Gasteiger partial charge in [-0.2, -0.15) is 13.2 Å². The minimum absolute atomic E-state index is 0.176. The molecule has 0 spiro atoms. The first-order chi connectivity index (χ1) is 10.0. The molecular formula is C20H31F3. The lowest BCUT2D eigenvalue weighted by Crippen LogP contribution is -2.24. The Morgan fingerprint density at radius 2 is 1.26 bits per heavy atom. The molecule has 0 heterocycles. The van der Waals surface area contributed by atoms with Crippen LogP contribution in [0.3, 0.4) is 0 Å². The molecule has 0 aliphatic carbocycles. The zero-order valence-electron chi connectivity index (χ0n) is 15.8. The van der Waals surface area contributed by atoms with E-state index in [4.69, 9.17) is 0 Å². The smallest absolute Gasteiger partial charge is 0.166 e. The molecule has 0 saturated heterocycles. The average Bonchev–Trinajstić information content (AvgIpc) is 2.33. The van der Waals surface area contributed by atoms with Gasteiger partial charge in [0.15, 0.2) is 0 Å². The fourth-order valence-electron chi connectivity index (χ4n) is 2.69. The molecule has 1 aromatic rings. The Morgan fingerprint density at radius 3 is 1.65 bits per heavy atom. The van der Waals surface area contributed by atoms with E-state index in [-0.39, 0.29) is 10.8 Å². The summed E-state index contributed by atoms with van der Waals surface area (Å²) in [4.78, 5) is 0. The molecule has 0 unspecified atom stereocenters. The second-order valence-corrected chi connectivity index (χ2v) is 9.45. The third-order valence-corrected chi connectivity index (χ3v) is 4.41. The summed E-state index contributed by atoms with van der Waals surface area (Å²) in [6, 6.07) is 4.90. The van der Waals surface area contributed by atoms with Crippen molar-refractivity contribution in [2.24, 2.45) is 5.41 Å². The maximum Gasteiger partial charge on any atom is 0.416 e. The lowest BCUT2D eigenvalue weighted by molar-refractivity contribution is -0.138. The zero-order valence-corrected chi connectivity index (χ0v) is 15.8. The van der Waals surface area contributed by atoms with Crippen molar-refractivity contribution >= 4 is 0 Å². The Kier molecular flexibility index (Phi) is 5.36. The molecule has 0 nitrogen and oxygen atoms in total. The van der Waals surface area contributed by atoms with E-state index in [0.717, 1.165) is 18.4 Å². The number of hydrogen-bond acceptors (Lipinski definition) is 0. The summed E-state index contributed by atoms with van der Waals surface area (Å²) in [5, 5.41) is 0. The Balaban J connectivity index is 3.30. The maximum absolute atomic E-state index is 13.5. The van der Waals surface area contributed by atoms with Crippen LogP contribution in [0.25, 0.3) is 0 Å². The summed E-state index contributed by atoms with van der Waals surface area (Å²) >= 11 is 0. The second-order valence-electron chi connectivity index (χ2n) is 9.45. The summed E-state index contributed by atoms with van der Waals surface area (Å²) in [5.41, 5.74) is 0.00625. The summed E-state index contributed by atoms with van der Waals surface area (Å²) in [6.07, 6.45) is -2.48. The van der Waals surface area contributed by atoms with Crippen LogP contribution in [0, 0.1) is 5.41 Å². The van der Waals surface area contributed by atoms with E-state index in [2.05, 4.69) is 20.8 Å². The third-order valence-electron chi connectivity index (χ3n) is 4.41. The van der Waals surface area contributed by atoms with Crippen molar-refractivity contribution in [3.8, 4) is 0 Å². The fourth-order valence-corrected chi connectivity index (χ4v) is 2.69. The van der Waals surface area contributed by atoms with Gasteiger partial charge < -0.3 is 0 Å². The Hall–Kier alpha value is -0.990. The standard InChI is InChI=1S/C20H31F3/c1-17(2,3)11-12-19(7,8)14-9-10-15(18(4,5)6)16(13-14)20(21,22)23/h9-10,13H,11-12H2,1-8H3. The van der Waals surface area contributed by atoms with E-state index >= 15 is 0 Å². The molecule has 0 aliphatic rings. The molecule has 1 rings (SSSR count). The molecule has 132 valence electrons. The van der Waals surface area contributed by atoms with E-state index in [1.807, 2.05) is 40.7 Å². The topological polar surface area (TPSA) is 0 Å². The molecule has 23 heavy (non-hydrogen) atoms. The normalized spacial score (nSPS) is 14.2. The van der Waals surface area contributed by atoms with Crippen LogP contribution in [0.5, 0.6) is 0 Å². The molecule has 0 radical (unpaired) electrons. The number of hydrogen-bond donors (Lipinski definition) is 0. The van der Waals surface area contributed by atoms with Crippen LogP contribution >= 0.6 is 0 Å². The van der Waals surface area contributed by atoms with Crippen LogP contribution in [0.1, 0.15) is 84.9 Å². The van der Waals surface area contributed by atoms with Crippen molar-refractivity contribution in [1.29, 1.82) is 0 Å². The average molecular weight is 328 g/mol. The molecule has 0 aromatic heterocycles.